The van der Waals surface area contributed by atoms with Gasteiger partial charge in [0.2, 0.25) is 6.10 Å². The summed E-state index contributed by atoms with van der Waals surface area (Å²) in [6.45, 7) is 0. The molecule has 0 saturated heterocycles. The highest BCUT2D eigenvalue weighted by atomic mass is 32.1. The minimum Gasteiger partial charge on any atom is -0.382 e. The van der Waals surface area contributed by atoms with Crippen molar-refractivity contribution in [2.24, 2.45) is 5.16 Å². The second-order valence-electron chi connectivity index (χ2n) is 6.72. The highest BCUT2D eigenvalue weighted by molar-refractivity contribution is 7.16. The number of anilines is 1. The molecule has 0 bridgehead atoms. The van der Waals surface area contributed by atoms with Crippen molar-refractivity contribution in [3.05, 3.63) is 51.7 Å². The first kappa shape index (κ1) is 17.7. The van der Waals surface area contributed by atoms with Gasteiger partial charge in [-0.15, -0.1) is 11.3 Å². The summed E-state index contributed by atoms with van der Waals surface area (Å²) in [5, 5.41) is 16.9. The number of carbonyl (C=O) groups is 1. The molecule has 1 unspecified atom stereocenters. The first-order chi connectivity index (χ1) is 13.2. The van der Waals surface area contributed by atoms with Gasteiger partial charge in [0.05, 0.1) is 11.3 Å². The standard InChI is InChI=1S/C20H18FN3O2S/c21-13-6-4-5-12(9-13)16-10-17(26-24-16)19(25)23-20-15(11-22)14-7-2-1-3-8-18(14)27-20/h4-6,9,17H,1-3,7-8,10H2,(H,23,25). The average molecular weight is 383 g/mol. The van der Waals surface area contributed by atoms with E-state index in [1.807, 2.05) is 0 Å². The number of halogens is 1. The molecule has 138 valence electrons. The topological polar surface area (TPSA) is 74.5 Å². The largest absolute Gasteiger partial charge is 0.382 e. The Balaban J connectivity index is 1.47. The van der Waals surface area contributed by atoms with Gasteiger partial charge in [0.25, 0.3) is 5.91 Å². The van der Waals surface area contributed by atoms with E-state index in [0.29, 0.717) is 21.8 Å². The zero-order chi connectivity index (χ0) is 18.8. The molecule has 2 aliphatic rings. The first-order valence-electron chi connectivity index (χ1n) is 9.00. The van der Waals surface area contributed by atoms with Gasteiger partial charge < -0.3 is 10.2 Å². The Kier molecular flexibility index (Phi) is 4.90. The predicted molar refractivity (Wildman–Crippen MR) is 101 cm³/mol. The van der Waals surface area contributed by atoms with Crippen LogP contribution in [0.25, 0.3) is 0 Å². The van der Waals surface area contributed by atoms with Crippen LogP contribution in [-0.2, 0) is 22.5 Å². The van der Waals surface area contributed by atoms with Crippen LogP contribution in [0.15, 0.2) is 29.4 Å². The van der Waals surface area contributed by atoms with E-state index < -0.39 is 6.10 Å². The maximum Gasteiger partial charge on any atom is 0.269 e. The minimum atomic E-state index is -0.781. The number of rotatable bonds is 3. The van der Waals surface area contributed by atoms with Gasteiger partial charge in [-0.3, -0.25) is 4.79 Å². The van der Waals surface area contributed by atoms with Crippen LogP contribution >= 0.6 is 11.3 Å². The molecule has 1 atom stereocenters. The Morgan fingerprint density at radius 2 is 2.19 bits per heavy atom. The van der Waals surface area contributed by atoms with Crippen molar-refractivity contribution in [1.82, 2.24) is 0 Å². The fraction of sp³-hybridized carbons (Fsp3) is 0.350. The number of benzene rings is 1. The maximum absolute atomic E-state index is 13.4. The Bertz CT molecular complexity index is 961. The first-order valence-corrected chi connectivity index (χ1v) is 9.81. The molecule has 4 rings (SSSR count). The Labute approximate surface area is 160 Å². The maximum atomic E-state index is 13.4. The van der Waals surface area contributed by atoms with Crippen LogP contribution in [0.1, 0.15) is 47.3 Å². The van der Waals surface area contributed by atoms with Crippen molar-refractivity contribution >= 4 is 28.0 Å². The van der Waals surface area contributed by atoms with Gasteiger partial charge in [-0.1, -0.05) is 23.7 Å². The number of amides is 1. The number of nitriles is 1. The van der Waals surface area contributed by atoms with E-state index in [1.54, 1.807) is 12.1 Å². The third kappa shape index (κ3) is 3.58. The lowest BCUT2D eigenvalue weighted by Crippen LogP contribution is -2.28. The molecule has 0 spiro atoms. The molecule has 0 saturated carbocycles. The summed E-state index contributed by atoms with van der Waals surface area (Å²) in [4.78, 5) is 19.1. The molecule has 0 fully saturated rings. The third-order valence-corrected chi connectivity index (χ3v) is 6.10. The number of hydrogen-bond acceptors (Lipinski definition) is 5. The number of nitrogens with one attached hydrogen (secondary N) is 1. The lowest BCUT2D eigenvalue weighted by molar-refractivity contribution is -0.125. The second-order valence-corrected chi connectivity index (χ2v) is 7.82. The molecular formula is C20H18FN3O2S. The van der Waals surface area contributed by atoms with Crippen LogP contribution in [0.5, 0.6) is 0 Å². The van der Waals surface area contributed by atoms with E-state index in [-0.39, 0.29) is 18.1 Å². The van der Waals surface area contributed by atoms with Crippen LogP contribution < -0.4 is 5.32 Å². The fourth-order valence-corrected chi connectivity index (χ4v) is 4.74. The zero-order valence-corrected chi connectivity index (χ0v) is 15.4. The molecular weight excluding hydrogens is 365 g/mol. The quantitative estimate of drug-likeness (QED) is 0.809. The van der Waals surface area contributed by atoms with E-state index in [1.165, 1.54) is 34.8 Å². The SMILES string of the molecule is N#Cc1c(NC(=O)C2CC(c3cccc(F)c3)=NO2)sc2c1CCCCC2. The van der Waals surface area contributed by atoms with Crippen molar-refractivity contribution in [2.75, 3.05) is 5.32 Å². The van der Waals surface area contributed by atoms with Gasteiger partial charge >= 0.3 is 0 Å². The van der Waals surface area contributed by atoms with E-state index in [2.05, 4.69) is 16.5 Å². The molecule has 5 nitrogen and oxygen atoms in total. The van der Waals surface area contributed by atoms with Gasteiger partial charge in [0, 0.05) is 16.9 Å². The van der Waals surface area contributed by atoms with E-state index in [9.17, 15) is 14.4 Å². The molecule has 1 aliphatic carbocycles. The molecule has 1 aromatic heterocycles. The van der Waals surface area contributed by atoms with Crippen LogP contribution in [0, 0.1) is 17.1 Å². The van der Waals surface area contributed by atoms with Gasteiger partial charge in [0.1, 0.15) is 16.9 Å². The van der Waals surface area contributed by atoms with Crippen LogP contribution in [0.4, 0.5) is 9.39 Å². The third-order valence-electron chi connectivity index (χ3n) is 4.89. The second kappa shape index (κ2) is 7.49. The molecule has 0 radical (unpaired) electrons. The molecule has 27 heavy (non-hydrogen) atoms. The average Bonchev–Trinajstić information content (AvgIpc) is 3.21. The van der Waals surface area contributed by atoms with Gasteiger partial charge in [0.15, 0.2) is 0 Å². The van der Waals surface area contributed by atoms with Gasteiger partial charge in [-0.05, 0) is 43.4 Å². The van der Waals surface area contributed by atoms with Crippen LogP contribution in [-0.4, -0.2) is 17.7 Å². The number of fused-ring (bicyclic) bond motifs is 1. The number of thiophene rings is 1. The molecule has 1 amide bonds. The summed E-state index contributed by atoms with van der Waals surface area (Å²) in [5.74, 6) is -0.695. The summed E-state index contributed by atoms with van der Waals surface area (Å²) in [6, 6.07) is 8.30. The van der Waals surface area contributed by atoms with Crippen LogP contribution in [0.2, 0.25) is 0 Å². The predicted octanol–water partition coefficient (Wildman–Crippen LogP) is 4.16. The Morgan fingerprint density at radius 1 is 1.33 bits per heavy atom. The van der Waals surface area contributed by atoms with E-state index >= 15 is 0 Å². The highest BCUT2D eigenvalue weighted by Crippen LogP contribution is 2.37. The molecule has 7 heteroatoms. The van der Waals surface area contributed by atoms with Crippen molar-refractivity contribution in [3.63, 3.8) is 0 Å². The van der Waals surface area contributed by atoms with E-state index in [0.717, 1.165) is 31.2 Å². The van der Waals surface area contributed by atoms with Crippen LogP contribution in [0.3, 0.4) is 0 Å². The number of carbonyl (C=O) groups excluding carboxylic acids is 1. The Morgan fingerprint density at radius 3 is 3.00 bits per heavy atom. The molecule has 1 N–H and O–H groups in total. The number of aryl methyl sites for hydroxylation is 1. The summed E-state index contributed by atoms with van der Waals surface area (Å²) in [6.07, 6.45) is 4.68. The monoisotopic (exact) mass is 383 g/mol. The number of hydrogen-bond donors (Lipinski definition) is 1. The lowest BCUT2D eigenvalue weighted by Gasteiger charge is -2.08. The molecule has 2 aromatic rings. The summed E-state index contributed by atoms with van der Waals surface area (Å²) in [7, 11) is 0. The van der Waals surface area contributed by atoms with Gasteiger partial charge in [-0.25, -0.2) is 4.39 Å². The van der Waals surface area contributed by atoms with E-state index in [4.69, 9.17) is 4.84 Å². The molecule has 1 aliphatic heterocycles. The van der Waals surface area contributed by atoms with Gasteiger partial charge in [-0.2, -0.15) is 5.26 Å². The normalized spacial score (nSPS) is 18.7. The Hall–Kier alpha value is -2.72. The fourth-order valence-electron chi connectivity index (χ4n) is 3.50. The van der Waals surface area contributed by atoms with Crippen molar-refractivity contribution in [1.29, 1.82) is 5.26 Å². The van der Waals surface area contributed by atoms with Crippen molar-refractivity contribution in [2.45, 2.75) is 44.6 Å². The molecule has 1 aromatic carbocycles. The number of nitrogens with zero attached hydrogens (tertiary/aromatic N) is 2. The summed E-state index contributed by atoms with van der Waals surface area (Å²) >= 11 is 1.49. The van der Waals surface area contributed by atoms with Crippen molar-refractivity contribution in [3.8, 4) is 6.07 Å². The minimum absolute atomic E-state index is 0.266. The highest BCUT2D eigenvalue weighted by Gasteiger charge is 2.30. The van der Waals surface area contributed by atoms with Crippen molar-refractivity contribution < 1.29 is 14.0 Å². The summed E-state index contributed by atoms with van der Waals surface area (Å²) in [5.41, 5.74) is 2.80. The zero-order valence-electron chi connectivity index (χ0n) is 14.6. The summed E-state index contributed by atoms with van der Waals surface area (Å²) < 4.78 is 13.4. The number of oxime groups is 1. The molecule has 2 heterocycles. The lowest BCUT2D eigenvalue weighted by atomic mass is 10.0. The smallest absolute Gasteiger partial charge is 0.269 e.